The van der Waals surface area contributed by atoms with Crippen molar-refractivity contribution in [2.24, 2.45) is 0 Å². The smallest absolute Gasteiger partial charge is 0.125 e. The molecule has 0 bridgehead atoms. The van der Waals surface area contributed by atoms with E-state index < -0.39 is 6.10 Å². The highest BCUT2D eigenvalue weighted by atomic mass is 32.1. The van der Waals surface area contributed by atoms with Gasteiger partial charge in [0.15, 0.2) is 0 Å². The Hall–Kier alpha value is -1.43. The Morgan fingerprint density at radius 1 is 1.33 bits per heavy atom. The summed E-state index contributed by atoms with van der Waals surface area (Å²) in [6.07, 6.45) is -0.755. The van der Waals surface area contributed by atoms with Crippen molar-refractivity contribution in [3.63, 3.8) is 0 Å². The van der Waals surface area contributed by atoms with Crippen LogP contribution in [0.4, 0.5) is 0 Å². The first-order chi connectivity index (χ1) is 8.83. The molecule has 18 heavy (non-hydrogen) atoms. The van der Waals surface area contributed by atoms with Crippen molar-refractivity contribution in [2.45, 2.75) is 6.10 Å². The van der Waals surface area contributed by atoms with Crippen LogP contribution in [0.3, 0.4) is 0 Å². The summed E-state index contributed by atoms with van der Waals surface area (Å²) in [5, 5.41) is 12.1. The maximum absolute atomic E-state index is 10.3. The third-order valence-electron chi connectivity index (χ3n) is 2.49. The van der Waals surface area contributed by atoms with Gasteiger partial charge in [-0.3, -0.25) is 0 Å². The molecule has 0 saturated heterocycles. The first kappa shape index (κ1) is 13.0. The number of methoxy groups -OCH3 is 1. The van der Waals surface area contributed by atoms with Gasteiger partial charge in [0, 0.05) is 18.1 Å². The largest absolute Gasteiger partial charge is 0.491 e. The predicted octanol–water partition coefficient (Wildman–Crippen LogP) is 2.25. The van der Waals surface area contributed by atoms with E-state index in [2.05, 4.69) is 4.98 Å². The van der Waals surface area contributed by atoms with Gasteiger partial charge in [-0.15, -0.1) is 11.3 Å². The fourth-order valence-electron chi connectivity index (χ4n) is 1.59. The van der Waals surface area contributed by atoms with Gasteiger partial charge in [-0.05, 0) is 6.07 Å². The average Bonchev–Trinajstić information content (AvgIpc) is 2.93. The van der Waals surface area contributed by atoms with Gasteiger partial charge in [-0.2, -0.15) is 0 Å². The predicted molar refractivity (Wildman–Crippen MR) is 70.0 cm³/mol. The molecular formula is C13H15NO3S. The highest BCUT2D eigenvalue weighted by molar-refractivity contribution is 7.07. The molecule has 0 spiro atoms. The molecule has 0 saturated carbocycles. The summed E-state index contributed by atoms with van der Waals surface area (Å²) in [5.41, 5.74) is 3.06. The molecule has 4 nitrogen and oxygen atoms in total. The van der Waals surface area contributed by atoms with Gasteiger partial charge >= 0.3 is 0 Å². The number of aliphatic hydroxyl groups excluding tert-OH is 1. The molecule has 0 amide bonds. The van der Waals surface area contributed by atoms with Crippen molar-refractivity contribution in [2.75, 3.05) is 20.3 Å². The number of hydrogen-bond donors (Lipinski definition) is 1. The molecule has 1 aromatic carbocycles. The van der Waals surface area contributed by atoms with Gasteiger partial charge in [-0.1, -0.05) is 18.2 Å². The molecule has 1 heterocycles. The number of ether oxygens (including phenoxy) is 2. The average molecular weight is 265 g/mol. The molecule has 96 valence electrons. The summed E-state index contributed by atoms with van der Waals surface area (Å²) in [7, 11) is 1.62. The summed E-state index contributed by atoms with van der Waals surface area (Å²) >= 11 is 1.46. The van der Waals surface area contributed by atoms with Crippen molar-refractivity contribution in [1.82, 2.24) is 4.98 Å². The number of para-hydroxylation sites is 1. The fraction of sp³-hybridized carbons (Fsp3) is 0.308. The molecule has 1 atom stereocenters. The van der Waals surface area contributed by atoms with Crippen molar-refractivity contribution >= 4 is 11.3 Å². The number of thiazole rings is 1. The SMILES string of the molecule is COCCOc1ccccc1C(O)c1cscn1. The Morgan fingerprint density at radius 3 is 2.89 bits per heavy atom. The van der Waals surface area contributed by atoms with Crippen LogP contribution in [0.2, 0.25) is 0 Å². The van der Waals surface area contributed by atoms with Crippen LogP contribution in [0, 0.1) is 0 Å². The summed E-state index contributed by atoms with van der Waals surface area (Å²) < 4.78 is 10.5. The number of aliphatic hydroxyl groups is 1. The Bertz CT molecular complexity index is 473. The minimum absolute atomic E-state index is 0.456. The molecule has 2 aromatic rings. The van der Waals surface area contributed by atoms with Gasteiger partial charge in [0.05, 0.1) is 17.8 Å². The normalized spacial score (nSPS) is 12.3. The summed E-state index contributed by atoms with van der Waals surface area (Å²) in [6, 6.07) is 7.42. The van der Waals surface area contributed by atoms with Crippen molar-refractivity contribution in [3.05, 3.63) is 46.4 Å². The second-order valence-corrected chi connectivity index (χ2v) is 4.41. The number of nitrogens with zero attached hydrogens (tertiary/aromatic N) is 1. The van der Waals surface area contributed by atoms with Gasteiger partial charge in [0.25, 0.3) is 0 Å². The summed E-state index contributed by atoms with van der Waals surface area (Å²) in [4.78, 5) is 4.12. The second kappa shape index (κ2) is 6.49. The maximum Gasteiger partial charge on any atom is 0.125 e. The van der Waals surface area contributed by atoms with Crippen LogP contribution in [-0.4, -0.2) is 30.4 Å². The maximum atomic E-state index is 10.3. The van der Waals surface area contributed by atoms with E-state index in [-0.39, 0.29) is 0 Å². The van der Waals surface area contributed by atoms with Crippen LogP contribution in [0.1, 0.15) is 17.4 Å². The molecule has 0 aliphatic carbocycles. The van der Waals surface area contributed by atoms with Crippen LogP contribution in [-0.2, 0) is 4.74 Å². The van der Waals surface area contributed by atoms with E-state index in [1.165, 1.54) is 11.3 Å². The van der Waals surface area contributed by atoms with Gasteiger partial charge in [0.2, 0.25) is 0 Å². The lowest BCUT2D eigenvalue weighted by molar-refractivity contribution is 0.142. The molecular weight excluding hydrogens is 250 g/mol. The zero-order chi connectivity index (χ0) is 12.8. The molecule has 0 radical (unpaired) electrons. The van der Waals surface area contributed by atoms with Crippen LogP contribution in [0.25, 0.3) is 0 Å². The lowest BCUT2D eigenvalue weighted by Crippen LogP contribution is -2.08. The lowest BCUT2D eigenvalue weighted by Gasteiger charge is -2.14. The molecule has 1 unspecified atom stereocenters. The van der Waals surface area contributed by atoms with Crippen LogP contribution >= 0.6 is 11.3 Å². The first-order valence-corrected chi connectivity index (χ1v) is 6.54. The van der Waals surface area contributed by atoms with E-state index in [4.69, 9.17) is 9.47 Å². The van der Waals surface area contributed by atoms with Gasteiger partial charge < -0.3 is 14.6 Å². The number of aromatic nitrogens is 1. The monoisotopic (exact) mass is 265 g/mol. The highest BCUT2D eigenvalue weighted by Gasteiger charge is 2.16. The quantitative estimate of drug-likeness (QED) is 0.814. The van der Waals surface area contributed by atoms with Crippen LogP contribution in [0.15, 0.2) is 35.2 Å². The molecule has 0 aliphatic rings. The highest BCUT2D eigenvalue weighted by Crippen LogP contribution is 2.29. The number of benzene rings is 1. The zero-order valence-electron chi connectivity index (χ0n) is 10.1. The number of rotatable bonds is 6. The third-order valence-corrected chi connectivity index (χ3v) is 3.09. The lowest BCUT2D eigenvalue weighted by atomic mass is 10.1. The fourth-order valence-corrected chi connectivity index (χ4v) is 2.16. The Balaban J connectivity index is 2.16. The van der Waals surface area contributed by atoms with E-state index in [0.29, 0.717) is 24.7 Å². The minimum atomic E-state index is -0.755. The Kier molecular flexibility index (Phi) is 4.69. The van der Waals surface area contributed by atoms with E-state index >= 15 is 0 Å². The van der Waals surface area contributed by atoms with E-state index in [1.807, 2.05) is 29.6 Å². The van der Waals surface area contributed by atoms with Crippen LogP contribution in [0.5, 0.6) is 5.75 Å². The topological polar surface area (TPSA) is 51.6 Å². The second-order valence-electron chi connectivity index (χ2n) is 3.69. The van der Waals surface area contributed by atoms with Crippen molar-refractivity contribution in [3.8, 4) is 5.75 Å². The van der Waals surface area contributed by atoms with Crippen molar-refractivity contribution in [1.29, 1.82) is 0 Å². The Labute approximate surface area is 110 Å². The summed E-state index contributed by atoms with van der Waals surface area (Å²) in [6.45, 7) is 0.971. The molecule has 0 fully saturated rings. The summed E-state index contributed by atoms with van der Waals surface area (Å²) in [5.74, 6) is 0.662. The standard InChI is InChI=1S/C13H15NO3S/c1-16-6-7-17-12-5-3-2-4-10(12)13(15)11-8-18-9-14-11/h2-5,8-9,13,15H,6-7H2,1H3. The molecule has 1 aromatic heterocycles. The van der Waals surface area contributed by atoms with Gasteiger partial charge in [-0.25, -0.2) is 4.98 Å². The molecule has 0 aliphatic heterocycles. The zero-order valence-corrected chi connectivity index (χ0v) is 10.9. The Morgan fingerprint density at radius 2 is 2.17 bits per heavy atom. The van der Waals surface area contributed by atoms with E-state index in [0.717, 1.165) is 5.56 Å². The third kappa shape index (κ3) is 3.07. The molecule has 2 rings (SSSR count). The number of hydrogen-bond acceptors (Lipinski definition) is 5. The van der Waals surface area contributed by atoms with Gasteiger partial charge in [0.1, 0.15) is 18.5 Å². The van der Waals surface area contributed by atoms with E-state index in [1.54, 1.807) is 12.6 Å². The van der Waals surface area contributed by atoms with Crippen LogP contribution < -0.4 is 4.74 Å². The minimum Gasteiger partial charge on any atom is -0.491 e. The first-order valence-electron chi connectivity index (χ1n) is 5.59. The molecule has 5 heteroatoms. The van der Waals surface area contributed by atoms with Crippen molar-refractivity contribution < 1.29 is 14.6 Å². The molecule has 1 N–H and O–H groups in total. The van der Waals surface area contributed by atoms with E-state index in [9.17, 15) is 5.11 Å².